The predicted molar refractivity (Wildman–Crippen MR) is 128 cm³/mol. The Morgan fingerprint density at radius 3 is 2.47 bits per heavy atom. The minimum absolute atomic E-state index is 0.204. The second-order valence-electron chi connectivity index (χ2n) is 9.46. The Morgan fingerprint density at radius 1 is 1.06 bits per heavy atom. The Morgan fingerprint density at radius 2 is 1.79 bits per heavy atom. The molecule has 0 spiro atoms. The van der Waals surface area contributed by atoms with Crippen molar-refractivity contribution in [2.75, 3.05) is 66.7 Å². The first-order valence-corrected chi connectivity index (χ1v) is 11.5. The second-order valence-corrected chi connectivity index (χ2v) is 9.46. The van der Waals surface area contributed by atoms with E-state index in [-0.39, 0.29) is 12.3 Å². The highest BCUT2D eigenvalue weighted by Crippen LogP contribution is 2.30. The first kappa shape index (κ1) is 25.9. The third-order valence-corrected chi connectivity index (χ3v) is 5.69. The van der Waals surface area contributed by atoms with Crippen LogP contribution >= 0.6 is 0 Å². The molecule has 2 aromatic rings. The van der Waals surface area contributed by atoms with Crippen LogP contribution in [-0.2, 0) is 21.0 Å². The van der Waals surface area contributed by atoms with E-state index in [1.165, 1.54) is 18.0 Å². The number of carbonyl (C=O) groups is 1. The summed E-state index contributed by atoms with van der Waals surface area (Å²) in [4.78, 5) is 33.9. The molecule has 34 heavy (non-hydrogen) atoms. The molecule has 1 fully saturated rings. The molecule has 188 valence electrons. The van der Waals surface area contributed by atoms with Crippen LogP contribution in [0.3, 0.4) is 0 Å². The molecule has 10 nitrogen and oxygen atoms in total. The van der Waals surface area contributed by atoms with Gasteiger partial charge in [0.25, 0.3) is 5.56 Å². The van der Waals surface area contributed by atoms with Crippen molar-refractivity contribution < 1.29 is 23.7 Å². The maximum absolute atomic E-state index is 12.9. The molecule has 0 amide bonds. The van der Waals surface area contributed by atoms with Crippen molar-refractivity contribution in [3.63, 3.8) is 0 Å². The van der Waals surface area contributed by atoms with E-state index in [1.807, 2.05) is 0 Å². The second kappa shape index (κ2) is 11.6. The minimum Gasteiger partial charge on any atom is -0.493 e. The molecule has 0 saturated carbocycles. The zero-order chi connectivity index (χ0) is 24.7. The van der Waals surface area contributed by atoms with E-state index in [1.54, 1.807) is 32.9 Å². The molecular formula is C24H36N4O6. The Hall–Kier alpha value is -2.69. The highest BCUT2D eigenvalue weighted by atomic mass is 16.5. The van der Waals surface area contributed by atoms with Gasteiger partial charge >= 0.3 is 5.97 Å². The van der Waals surface area contributed by atoms with Crippen LogP contribution in [0.25, 0.3) is 10.9 Å². The smallest absolute Gasteiger partial charge is 0.312 e. The lowest BCUT2D eigenvalue weighted by atomic mass is 9.98. The van der Waals surface area contributed by atoms with Crippen molar-refractivity contribution in [1.29, 1.82) is 0 Å². The third-order valence-electron chi connectivity index (χ3n) is 5.69. The summed E-state index contributed by atoms with van der Waals surface area (Å²) >= 11 is 0. The topological polar surface area (TPSA) is 95.4 Å². The summed E-state index contributed by atoms with van der Waals surface area (Å²) in [5, 5.41) is 0.349. The summed E-state index contributed by atoms with van der Waals surface area (Å²) in [5.41, 5.74) is -0.517. The molecule has 3 rings (SSSR count). The molecule has 0 radical (unpaired) electrons. The Balaban J connectivity index is 1.55. The van der Waals surface area contributed by atoms with Gasteiger partial charge in [0.1, 0.15) is 12.9 Å². The van der Waals surface area contributed by atoms with Gasteiger partial charge in [0.2, 0.25) is 0 Å². The molecule has 0 bridgehead atoms. The van der Waals surface area contributed by atoms with Crippen molar-refractivity contribution >= 4 is 16.9 Å². The summed E-state index contributed by atoms with van der Waals surface area (Å²) in [6.45, 7) is 11.7. The van der Waals surface area contributed by atoms with E-state index in [9.17, 15) is 9.59 Å². The summed E-state index contributed by atoms with van der Waals surface area (Å²) in [6, 6.07) is 3.27. The van der Waals surface area contributed by atoms with Crippen LogP contribution in [0.15, 0.2) is 23.3 Å². The number of rotatable bonds is 10. The van der Waals surface area contributed by atoms with Gasteiger partial charge in [0.05, 0.1) is 36.6 Å². The van der Waals surface area contributed by atoms with Gasteiger partial charge in [0, 0.05) is 38.8 Å². The van der Waals surface area contributed by atoms with Crippen molar-refractivity contribution in [2.24, 2.45) is 5.41 Å². The fourth-order valence-corrected chi connectivity index (χ4v) is 3.45. The quantitative estimate of drug-likeness (QED) is 0.374. The lowest BCUT2D eigenvalue weighted by Gasteiger charge is -2.32. The number of piperazine rings is 1. The van der Waals surface area contributed by atoms with Crippen LogP contribution in [0.2, 0.25) is 0 Å². The largest absolute Gasteiger partial charge is 0.493 e. The van der Waals surface area contributed by atoms with Gasteiger partial charge in [-0.25, -0.2) is 4.98 Å². The normalized spacial score (nSPS) is 15.4. The number of hydrogen-bond acceptors (Lipinski definition) is 9. The molecular weight excluding hydrogens is 440 g/mol. The number of nitrogens with zero attached hydrogens (tertiary/aromatic N) is 4. The fraction of sp³-hybridized carbons (Fsp3) is 0.625. The van der Waals surface area contributed by atoms with Crippen LogP contribution in [0.4, 0.5) is 0 Å². The molecule has 1 saturated heterocycles. The lowest BCUT2D eigenvalue weighted by Crippen LogP contribution is -2.45. The van der Waals surface area contributed by atoms with Gasteiger partial charge in [-0.2, -0.15) is 0 Å². The summed E-state index contributed by atoms with van der Waals surface area (Å²) in [6.07, 6.45) is 1.36. The lowest BCUT2D eigenvalue weighted by molar-refractivity contribution is -0.157. The Labute approximate surface area is 200 Å². The van der Waals surface area contributed by atoms with Crippen LogP contribution < -0.4 is 15.0 Å². The molecule has 1 aliphatic heterocycles. The van der Waals surface area contributed by atoms with E-state index in [2.05, 4.69) is 21.8 Å². The van der Waals surface area contributed by atoms with Crippen LogP contribution in [0, 0.1) is 5.41 Å². The van der Waals surface area contributed by atoms with E-state index in [4.69, 9.17) is 18.9 Å². The van der Waals surface area contributed by atoms with Gasteiger partial charge in [-0.1, -0.05) is 0 Å². The summed E-state index contributed by atoms with van der Waals surface area (Å²) in [5.74, 6) is 0.515. The van der Waals surface area contributed by atoms with E-state index in [0.717, 1.165) is 32.7 Å². The number of benzene rings is 1. The van der Waals surface area contributed by atoms with Crippen molar-refractivity contribution in [1.82, 2.24) is 19.4 Å². The fourth-order valence-electron chi connectivity index (χ4n) is 3.45. The van der Waals surface area contributed by atoms with Crippen LogP contribution in [0.1, 0.15) is 20.8 Å². The summed E-state index contributed by atoms with van der Waals surface area (Å²) < 4.78 is 23.5. The van der Waals surface area contributed by atoms with Gasteiger partial charge in [-0.15, -0.1) is 0 Å². The molecule has 0 aliphatic carbocycles. The van der Waals surface area contributed by atoms with Crippen molar-refractivity contribution in [3.05, 3.63) is 28.8 Å². The van der Waals surface area contributed by atoms with Crippen molar-refractivity contribution in [2.45, 2.75) is 27.5 Å². The molecule has 0 N–H and O–H groups in total. The number of hydrogen-bond donors (Lipinski definition) is 0. The number of fused-ring (bicyclic) bond motifs is 1. The van der Waals surface area contributed by atoms with Crippen LogP contribution in [0.5, 0.6) is 11.5 Å². The van der Waals surface area contributed by atoms with E-state index < -0.39 is 11.4 Å². The maximum atomic E-state index is 12.9. The number of esters is 1. The van der Waals surface area contributed by atoms with Gasteiger partial charge in [-0.3, -0.25) is 19.1 Å². The van der Waals surface area contributed by atoms with Gasteiger partial charge in [0.15, 0.2) is 18.2 Å². The SMILES string of the molecule is COc1cc2c(=O)n(COC(=O)C(C)(C)C)cnc2cc1OCCOCCN1CCN(C)CC1. The number of ether oxygens (including phenoxy) is 4. The Bertz CT molecular complexity index is 1020. The minimum atomic E-state index is -0.655. The number of methoxy groups -OCH3 is 1. The van der Waals surface area contributed by atoms with Gasteiger partial charge < -0.3 is 23.8 Å². The maximum Gasteiger partial charge on any atom is 0.312 e. The predicted octanol–water partition coefficient (Wildman–Crippen LogP) is 1.59. The average molecular weight is 477 g/mol. The number of aromatic nitrogens is 2. The zero-order valence-corrected chi connectivity index (χ0v) is 20.8. The molecule has 10 heteroatoms. The van der Waals surface area contributed by atoms with Crippen molar-refractivity contribution in [3.8, 4) is 11.5 Å². The van der Waals surface area contributed by atoms with Crippen LogP contribution in [-0.4, -0.2) is 92.0 Å². The van der Waals surface area contributed by atoms with Gasteiger partial charge in [-0.05, 0) is 33.9 Å². The highest BCUT2D eigenvalue weighted by Gasteiger charge is 2.23. The molecule has 2 heterocycles. The highest BCUT2D eigenvalue weighted by molar-refractivity contribution is 5.81. The standard InChI is InChI=1S/C24H36N4O6/c1-24(2,3)23(30)34-17-28-16-25-19-15-21(20(31-5)14-18(19)22(28)29)33-13-12-32-11-10-27-8-6-26(4)7-9-27/h14-16H,6-13,17H2,1-5H3. The average Bonchev–Trinajstić information content (AvgIpc) is 2.80. The molecule has 1 aromatic heterocycles. The number of carbonyl (C=O) groups excluding carboxylic acids is 1. The molecule has 1 aromatic carbocycles. The summed E-state index contributed by atoms with van der Waals surface area (Å²) in [7, 11) is 3.66. The van der Waals surface area contributed by atoms with E-state index in [0.29, 0.717) is 42.2 Å². The van der Waals surface area contributed by atoms with E-state index >= 15 is 0 Å². The Kier molecular flexibility index (Phi) is 8.87. The monoisotopic (exact) mass is 476 g/mol. The third kappa shape index (κ3) is 6.91. The number of likely N-dealkylation sites (N-methyl/N-ethyl adjacent to an activating group) is 1. The zero-order valence-electron chi connectivity index (χ0n) is 20.8. The first-order chi connectivity index (χ1) is 16.2. The first-order valence-electron chi connectivity index (χ1n) is 11.5. The molecule has 1 aliphatic rings. The molecule has 0 atom stereocenters. The molecule has 0 unspecified atom stereocenters.